The standard InChI is InChI=1S/C19H21N3O4/c1-3-25-15-8-13(9-16(10-15)26-4-2)19(24)20-11-14-12-22-7-5-6-17(23)18(22)21-14/h5-10,12,23H,3-4,11H2,1-2H3,(H,20,24). The van der Waals surface area contributed by atoms with Crippen LogP contribution in [0.15, 0.2) is 42.7 Å². The first-order valence-corrected chi connectivity index (χ1v) is 8.45. The smallest absolute Gasteiger partial charge is 0.251 e. The average molecular weight is 355 g/mol. The molecule has 3 aromatic rings. The van der Waals surface area contributed by atoms with Crippen molar-refractivity contribution in [3.05, 3.63) is 54.0 Å². The molecule has 1 aromatic carbocycles. The second kappa shape index (κ2) is 7.77. The van der Waals surface area contributed by atoms with Crippen molar-refractivity contribution in [3.8, 4) is 17.2 Å². The lowest BCUT2D eigenvalue weighted by Gasteiger charge is -2.10. The summed E-state index contributed by atoms with van der Waals surface area (Å²) in [5, 5.41) is 12.6. The van der Waals surface area contributed by atoms with Crippen molar-refractivity contribution in [2.75, 3.05) is 13.2 Å². The number of nitrogens with one attached hydrogen (secondary N) is 1. The minimum absolute atomic E-state index is 0.0934. The molecule has 7 heteroatoms. The van der Waals surface area contributed by atoms with Gasteiger partial charge in [0, 0.05) is 24.0 Å². The molecule has 1 amide bonds. The van der Waals surface area contributed by atoms with Gasteiger partial charge in [-0.2, -0.15) is 0 Å². The van der Waals surface area contributed by atoms with Gasteiger partial charge in [0.25, 0.3) is 5.91 Å². The number of nitrogens with zero attached hydrogens (tertiary/aromatic N) is 2. The van der Waals surface area contributed by atoms with E-state index in [2.05, 4.69) is 10.3 Å². The molecule has 0 saturated heterocycles. The molecule has 2 aromatic heterocycles. The summed E-state index contributed by atoms with van der Waals surface area (Å²) in [7, 11) is 0. The van der Waals surface area contributed by atoms with Gasteiger partial charge in [0.05, 0.1) is 25.5 Å². The Morgan fingerprint density at radius 3 is 2.50 bits per heavy atom. The van der Waals surface area contributed by atoms with E-state index < -0.39 is 0 Å². The van der Waals surface area contributed by atoms with Crippen LogP contribution in [0.25, 0.3) is 5.65 Å². The number of amides is 1. The maximum Gasteiger partial charge on any atom is 0.251 e. The third-order valence-corrected chi connectivity index (χ3v) is 3.71. The van der Waals surface area contributed by atoms with Crippen LogP contribution in [0, 0.1) is 0 Å². The van der Waals surface area contributed by atoms with Crippen LogP contribution in [0.1, 0.15) is 29.9 Å². The fraction of sp³-hybridized carbons (Fsp3) is 0.263. The maximum absolute atomic E-state index is 12.5. The van der Waals surface area contributed by atoms with Crippen molar-refractivity contribution >= 4 is 11.6 Å². The number of carbonyl (C=O) groups excluding carboxylic acids is 1. The number of rotatable bonds is 7. The number of aromatic hydroxyl groups is 1. The number of ether oxygens (including phenoxy) is 2. The van der Waals surface area contributed by atoms with E-state index in [-0.39, 0.29) is 18.2 Å². The van der Waals surface area contributed by atoms with E-state index in [0.29, 0.717) is 41.6 Å². The summed E-state index contributed by atoms with van der Waals surface area (Å²) in [5.74, 6) is 1.01. The minimum atomic E-state index is -0.256. The highest BCUT2D eigenvalue weighted by Gasteiger charge is 2.12. The third-order valence-electron chi connectivity index (χ3n) is 3.71. The van der Waals surface area contributed by atoms with E-state index in [1.54, 1.807) is 47.1 Å². The zero-order chi connectivity index (χ0) is 18.5. The monoisotopic (exact) mass is 355 g/mol. The van der Waals surface area contributed by atoms with E-state index in [1.165, 1.54) is 0 Å². The van der Waals surface area contributed by atoms with E-state index in [1.807, 2.05) is 13.8 Å². The summed E-state index contributed by atoms with van der Waals surface area (Å²) in [6, 6.07) is 8.41. The van der Waals surface area contributed by atoms with Crippen LogP contribution >= 0.6 is 0 Å². The zero-order valence-electron chi connectivity index (χ0n) is 14.7. The molecular formula is C19H21N3O4. The molecule has 136 valence electrons. The Morgan fingerprint density at radius 2 is 1.88 bits per heavy atom. The Kier molecular flexibility index (Phi) is 5.26. The first-order chi connectivity index (χ1) is 12.6. The molecule has 0 spiro atoms. The summed E-state index contributed by atoms with van der Waals surface area (Å²) in [4.78, 5) is 16.8. The number of imidazole rings is 1. The number of aromatic nitrogens is 2. The highest BCUT2D eigenvalue weighted by Crippen LogP contribution is 2.23. The predicted molar refractivity (Wildman–Crippen MR) is 96.8 cm³/mol. The number of fused-ring (bicyclic) bond motifs is 1. The van der Waals surface area contributed by atoms with Crippen LogP contribution in [0.3, 0.4) is 0 Å². The van der Waals surface area contributed by atoms with Crippen LogP contribution < -0.4 is 14.8 Å². The number of hydrogen-bond donors (Lipinski definition) is 2. The van der Waals surface area contributed by atoms with Crippen LogP contribution in [0.2, 0.25) is 0 Å². The van der Waals surface area contributed by atoms with Gasteiger partial charge >= 0.3 is 0 Å². The van der Waals surface area contributed by atoms with Crippen LogP contribution in [-0.4, -0.2) is 33.6 Å². The molecule has 26 heavy (non-hydrogen) atoms. The molecule has 0 unspecified atom stereocenters. The fourth-order valence-electron chi connectivity index (χ4n) is 2.61. The lowest BCUT2D eigenvalue weighted by atomic mass is 10.2. The van der Waals surface area contributed by atoms with Crippen molar-refractivity contribution in [3.63, 3.8) is 0 Å². The third kappa shape index (κ3) is 3.88. The summed E-state index contributed by atoms with van der Waals surface area (Å²) in [5.41, 5.74) is 1.55. The number of pyridine rings is 1. The lowest BCUT2D eigenvalue weighted by molar-refractivity contribution is 0.0949. The number of hydrogen-bond acceptors (Lipinski definition) is 5. The molecule has 7 nitrogen and oxygen atoms in total. The number of benzene rings is 1. The second-order valence-electron chi connectivity index (χ2n) is 5.60. The van der Waals surface area contributed by atoms with Gasteiger partial charge in [0.1, 0.15) is 11.5 Å². The van der Waals surface area contributed by atoms with E-state index in [9.17, 15) is 9.90 Å². The quantitative estimate of drug-likeness (QED) is 0.681. The van der Waals surface area contributed by atoms with Gasteiger partial charge in [-0.1, -0.05) is 0 Å². The SMILES string of the molecule is CCOc1cc(OCC)cc(C(=O)NCc2cn3cccc(O)c3n2)c1. The van der Waals surface area contributed by atoms with Crippen molar-refractivity contribution in [2.45, 2.75) is 20.4 Å². The maximum atomic E-state index is 12.5. The summed E-state index contributed by atoms with van der Waals surface area (Å²) >= 11 is 0. The minimum Gasteiger partial charge on any atom is -0.504 e. The molecular weight excluding hydrogens is 334 g/mol. The van der Waals surface area contributed by atoms with Crippen molar-refractivity contribution < 1.29 is 19.4 Å². The molecule has 0 aliphatic carbocycles. The van der Waals surface area contributed by atoms with Crippen molar-refractivity contribution in [2.24, 2.45) is 0 Å². The summed E-state index contributed by atoms with van der Waals surface area (Å²) < 4.78 is 12.7. The van der Waals surface area contributed by atoms with Gasteiger partial charge in [0.2, 0.25) is 0 Å². The first-order valence-electron chi connectivity index (χ1n) is 8.45. The highest BCUT2D eigenvalue weighted by atomic mass is 16.5. The average Bonchev–Trinajstić information content (AvgIpc) is 3.05. The van der Waals surface area contributed by atoms with Gasteiger partial charge in [-0.05, 0) is 38.1 Å². The van der Waals surface area contributed by atoms with E-state index in [0.717, 1.165) is 0 Å². The molecule has 0 bridgehead atoms. The molecule has 0 radical (unpaired) electrons. The Bertz CT molecular complexity index is 896. The molecule has 0 aliphatic rings. The van der Waals surface area contributed by atoms with Gasteiger partial charge in [-0.25, -0.2) is 4.98 Å². The van der Waals surface area contributed by atoms with Crippen LogP contribution in [-0.2, 0) is 6.54 Å². The second-order valence-corrected chi connectivity index (χ2v) is 5.60. The largest absolute Gasteiger partial charge is 0.504 e. The van der Waals surface area contributed by atoms with E-state index >= 15 is 0 Å². The molecule has 2 heterocycles. The van der Waals surface area contributed by atoms with Gasteiger partial charge in [-0.15, -0.1) is 0 Å². The number of carbonyl (C=O) groups is 1. The Hall–Kier alpha value is -3.22. The van der Waals surface area contributed by atoms with Gasteiger partial charge in [0.15, 0.2) is 11.4 Å². The van der Waals surface area contributed by atoms with Crippen LogP contribution in [0.4, 0.5) is 0 Å². The lowest BCUT2D eigenvalue weighted by Crippen LogP contribution is -2.23. The summed E-state index contributed by atoms with van der Waals surface area (Å²) in [6.45, 7) is 5.00. The molecule has 3 rings (SSSR count). The predicted octanol–water partition coefficient (Wildman–Crippen LogP) is 2.77. The summed E-state index contributed by atoms with van der Waals surface area (Å²) in [6.07, 6.45) is 3.55. The van der Waals surface area contributed by atoms with E-state index in [4.69, 9.17) is 9.47 Å². The molecule has 0 saturated carbocycles. The topological polar surface area (TPSA) is 85.1 Å². The first kappa shape index (κ1) is 17.6. The Balaban J connectivity index is 1.75. The molecule has 2 N–H and O–H groups in total. The van der Waals surface area contributed by atoms with Crippen molar-refractivity contribution in [1.82, 2.24) is 14.7 Å². The van der Waals surface area contributed by atoms with Crippen LogP contribution in [0.5, 0.6) is 17.2 Å². The molecule has 0 aliphatic heterocycles. The van der Waals surface area contributed by atoms with Gasteiger partial charge in [-0.3, -0.25) is 4.79 Å². The molecule has 0 atom stereocenters. The zero-order valence-corrected chi connectivity index (χ0v) is 14.7. The fourth-order valence-corrected chi connectivity index (χ4v) is 2.61. The normalized spacial score (nSPS) is 10.7. The van der Waals surface area contributed by atoms with Gasteiger partial charge < -0.3 is 24.3 Å². The highest BCUT2D eigenvalue weighted by molar-refractivity contribution is 5.95. The van der Waals surface area contributed by atoms with Crippen molar-refractivity contribution in [1.29, 1.82) is 0 Å². The molecule has 0 fully saturated rings. The Labute approximate surface area is 151 Å². The Morgan fingerprint density at radius 1 is 1.19 bits per heavy atom.